The SMILES string of the molecule is COC(C(=O)N(CCCC(=O)O)C(C)C)c1ccccc1. The second-order valence-electron chi connectivity index (χ2n) is 5.15. The first-order valence-electron chi connectivity index (χ1n) is 7.07. The minimum atomic E-state index is -0.850. The molecule has 5 heteroatoms. The Morgan fingerprint density at radius 1 is 1.24 bits per heavy atom. The predicted molar refractivity (Wildman–Crippen MR) is 79.9 cm³/mol. The highest BCUT2D eigenvalue weighted by Gasteiger charge is 2.27. The van der Waals surface area contributed by atoms with Gasteiger partial charge in [0.05, 0.1) is 0 Å². The van der Waals surface area contributed by atoms with Crippen LogP contribution >= 0.6 is 0 Å². The zero-order valence-corrected chi connectivity index (χ0v) is 12.8. The van der Waals surface area contributed by atoms with Crippen LogP contribution in [-0.4, -0.2) is 41.6 Å². The van der Waals surface area contributed by atoms with Crippen LogP contribution in [0.3, 0.4) is 0 Å². The molecule has 1 atom stereocenters. The van der Waals surface area contributed by atoms with Gasteiger partial charge in [-0.2, -0.15) is 0 Å². The molecule has 0 heterocycles. The number of carbonyl (C=O) groups is 2. The molecule has 1 rings (SSSR count). The topological polar surface area (TPSA) is 66.8 Å². The first-order chi connectivity index (χ1) is 9.97. The molecule has 1 aromatic rings. The summed E-state index contributed by atoms with van der Waals surface area (Å²) < 4.78 is 5.35. The van der Waals surface area contributed by atoms with Gasteiger partial charge < -0.3 is 14.7 Å². The Hall–Kier alpha value is -1.88. The van der Waals surface area contributed by atoms with Gasteiger partial charge in [-0.15, -0.1) is 0 Å². The molecule has 0 aliphatic carbocycles. The molecule has 0 aliphatic rings. The predicted octanol–water partition coefficient (Wildman–Crippen LogP) is 2.48. The van der Waals surface area contributed by atoms with Crippen LogP contribution in [-0.2, 0) is 14.3 Å². The molecule has 1 amide bonds. The molecule has 21 heavy (non-hydrogen) atoms. The Morgan fingerprint density at radius 2 is 1.86 bits per heavy atom. The van der Waals surface area contributed by atoms with E-state index in [1.807, 2.05) is 44.2 Å². The van der Waals surface area contributed by atoms with E-state index in [9.17, 15) is 9.59 Å². The van der Waals surface area contributed by atoms with Crippen molar-refractivity contribution in [2.24, 2.45) is 0 Å². The number of methoxy groups -OCH3 is 1. The summed E-state index contributed by atoms with van der Waals surface area (Å²) in [7, 11) is 1.51. The molecular weight excluding hydrogens is 270 g/mol. The summed E-state index contributed by atoms with van der Waals surface area (Å²) in [5, 5.41) is 8.71. The van der Waals surface area contributed by atoms with Crippen molar-refractivity contribution in [3.63, 3.8) is 0 Å². The highest BCUT2D eigenvalue weighted by atomic mass is 16.5. The highest BCUT2D eigenvalue weighted by molar-refractivity contribution is 5.82. The van der Waals surface area contributed by atoms with Crippen LogP contribution in [0.4, 0.5) is 0 Å². The number of carbonyl (C=O) groups excluding carboxylic acids is 1. The smallest absolute Gasteiger partial charge is 0.303 e. The normalized spacial score (nSPS) is 12.2. The molecule has 1 N–H and O–H groups in total. The molecule has 5 nitrogen and oxygen atoms in total. The van der Waals surface area contributed by atoms with Crippen molar-refractivity contribution in [3.05, 3.63) is 35.9 Å². The van der Waals surface area contributed by atoms with Crippen LogP contribution in [0.5, 0.6) is 0 Å². The van der Waals surface area contributed by atoms with Gasteiger partial charge in [-0.3, -0.25) is 9.59 Å². The lowest BCUT2D eigenvalue weighted by Crippen LogP contribution is -2.41. The van der Waals surface area contributed by atoms with Gasteiger partial charge in [-0.25, -0.2) is 0 Å². The van der Waals surface area contributed by atoms with Crippen LogP contribution in [0.25, 0.3) is 0 Å². The number of carboxylic acid groups (broad SMARTS) is 1. The third kappa shape index (κ3) is 5.19. The standard InChI is InChI=1S/C16H23NO4/c1-12(2)17(11-7-10-14(18)19)16(20)15(21-3)13-8-5-4-6-9-13/h4-6,8-9,12,15H,7,10-11H2,1-3H3,(H,18,19). The average molecular weight is 293 g/mol. The molecule has 0 saturated carbocycles. The van der Waals surface area contributed by atoms with Gasteiger partial charge in [0.1, 0.15) is 0 Å². The quantitative estimate of drug-likeness (QED) is 0.799. The Balaban J connectivity index is 2.80. The maximum Gasteiger partial charge on any atom is 0.303 e. The number of hydrogen-bond donors (Lipinski definition) is 1. The van der Waals surface area contributed by atoms with Crippen LogP contribution in [0.15, 0.2) is 30.3 Å². The van der Waals surface area contributed by atoms with E-state index in [0.29, 0.717) is 13.0 Å². The largest absolute Gasteiger partial charge is 0.481 e. The summed E-state index contributed by atoms with van der Waals surface area (Å²) in [5.74, 6) is -0.985. The summed E-state index contributed by atoms with van der Waals surface area (Å²) in [6, 6.07) is 9.29. The molecule has 0 saturated heterocycles. The van der Waals surface area contributed by atoms with Crippen LogP contribution < -0.4 is 0 Å². The van der Waals surface area contributed by atoms with Crippen molar-refractivity contribution >= 4 is 11.9 Å². The molecule has 0 aliphatic heterocycles. The maximum atomic E-state index is 12.6. The average Bonchev–Trinajstić information content (AvgIpc) is 2.44. The van der Waals surface area contributed by atoms with Gasteiger partial charge in [0, 0.05) is 26.1 Å². The first kappa shape index (κ1) is 17.2. The molecule has 0 aromatic heterocycles. The third-order valence-electron chi connectivity index (χ3n) is 3.26. The number of rotatable bonds is 8. The van der Waals surface area contributed by atoms with E-state index in [0.717, 1.165) is 5.56 Å². The van der Waals surface area contributed by atoms with Gasteiger partial charge in [-0.1, -0.05) is 30.3 Å². The molecule has 0 fully saturated rings. The molecule has 1 unspecified atom stereocenters. The van der Waals surface area contributed by atoms with Crippen LogP contribution in [0.2, 0.25) is 0 Å². The lowest BCUT2D eigenvalue weighted by Gasteiger charge is -2.30. The van der Waals surface area contributed by atoms with Gasteiger partial charge in [-0.05, 0) is 25.8 Å². The summed E-state index contributed by atoms with van der Waals surface area (Å²) in [4.78, 5) is 24.9. The molecule has 0 spiro atoms. The van der Waals surface area contributed by atoms with Gasteiger partial charge >= 0.3 is 5.97 Å². The van der Waals surface area contributed by atoms with Gasteiger partial charge in [0.25, 0.3) is 5.91 Å². The lowest BCUT2D eigenvalue weighted by atomic mass is 10.1. The Labute approximate surface area is 125 Å². The summed E-state index contributed by atoms with van der Waals surface area (Å²) >= 11 is 0. The second kappa shape index (κ2) is 8.42. The highest BCUT2D eigenvalue weighted by Crippen LogP contribution is 2.20. The summed E-state index contributed by atoms with van der Waals surface area (Å²) in [6.45, 7) is 4.24. The van der Waals surface area contributed by atoms with E-state index in [4.69, 9.17) is 9.84 Å². The fourth-order valence-corrected chi connectivity index (χ4v) is 2.18. The monoisotopic (exact) mass is 293 g/mol. The molecule has 1 aromatic carbocycles. The zero-order chi connectivity index (χ0) is 15.8. The Morgan fingerprint density at radius 3 is 2.33 bits per heavy atom. The number of ether oxygens (including phenoxy) is 1. The molecular formula is C16H23NO4. The zero-order valence-electron chi connectivity index (χ0n) is 12.8. The number of aliphatic carboxylic acids is 1. The first-order valence-corrected chi connectivity index (χ1v) is 7.07. The number of amides is 1. The van der Waals surface area contributed by atoms with E-state index in [2.05, 4.69) is 0 Å². The number of carboxylic acids is 1. The van der Waals surface area contributed by atoms with Gasteiger partial charge in [0.2, 0.25) is 0 Å². The fraction of sp³-hybridized carbons (Fsp3) is 0.500. The van der Waals surface area contributed by atoms with Crippen molar-refractivity contribution in [2.75, 3.05) is 13.7 Å². The number of hydrogen-bond acceptors (Lipinski definition) is 3. The number of benzene rings is 1. The Bertz CT molecular complexity index is 459. The van der Waals surface area contributed by atoms with E-state index in [-0.39, 0.29) is 18.4 Å². The third-order valence-corrected chi connectivity index (χ3v) is 3.26. The summed E-state index contributed by atoms with van der Waals surface area (Å²) in [6.07, 6.45) is -0.164. The lowest BCUT2D eigenvalue weighted by molar-refractivity contribution is -0.145. The Kier molecular flexibility index (Phi) is 6.88. The fourth-order valence-electron chi connectivity index (χ4n) is 2.18. The molecule has 0 bridgehead atoms. The van der Waals surface area contributed by atoms with Crippen molar-refractivity contribution in [3.8, 4) is 0 Å². The minimum Gasteiger partial charge on any atom is -0.481 e. The van der Waals surface area contributed by atoms with Crippen molar-refractivity contribution in [1.29, 1.82) is 0 Å². The van der Waals surface area contributed by atoms with E-state index >= 15 is 0 Å². The molecule has 0 radical (unpaired) electrons. The van der Waals surface area contributed by atoms with Crippen molar-refractivity contribution in [1.82, 2.24) is 4.90 Å². The van der Waals surface area contributed by atoms with E-state index in [1.165, 1.54) is 7.11 Å². The maximum absolute atomic E-state index is 12.6. The number of nitrogens with zero attached hydrogens (tertiary/aromatic N) is 1. The summed E-state index contributed by atoms with van der Waals surface area (Å²) in [5.41, 5.74) is 0.800. The van der Waals surface area contributed by atoms with Crippen molar-refractivity contribution in [2.45, 2.75) is 38.8 Å². The van der Waals surface area contributed by atoms with Crippen LogP contribution in [0.1, 0.15) is 38.4 Å². The minimum absolute atomic E-state index is 0.00680. The second-order valence-corrected chi connectivity index (χ2v) is 5.15. The van der Waals surface area contributed by atoms with E-state index in [1.54, 1.807) is 4.90 Å². The molecule has 116 valence electrons. The van der Waals surface area contributed by atoms with E-state index < -0.39 is 12.1 Å². The van der Waals surface area contributed by atoms with Crippen molar-refractivity contribution < 1.29 is 19.4 Å². The van der Waals surface area contributed by atoms with Gasteiger partial charge in [0.15, 0.2) is 6.10 Å². The van der Waals surface area contributed by atoms with Crippen LogP contribution in [0, 0.1) is 0 Å².